The molecule has 1 aliphatic heterocycles. The van der Waals surface area contributed by atoms with Crippen LogP contribution in [0.25, 0.3) is 17.0 Å². The zero-order valence-corrected chi connectivity index (χ0v) is 16.3. The predicted molar refractivity (Wildman–Crippen MR) is 113 cm³/mol. The maximum atomic E-state index is 12.9. The van der Waals surface area contributed by atoms with Crippen LogP contribution in [0.3, 0.4) is 0 Å². The smallest absolute Gasteiger partial charge is 0.296 e. The number of carbonyl (C=O) groups is 1. The molecule has 2 heterocycles. The Hall–Kier alpha value is -3.87. The number of aliphatic imine (C=N–C) groups is 1. The van der Waals surface area contributed by atoms with Gasteiger partial charge in [-0.05, 0) is 61.9 Å². The number of aromatic hydroxyl groups is 1. The zero-order chi connectivity index (χ0) is 20.5. The average Bonchev–Trinajstić information content (AvgIpc) is 2.96. The Balaban J connectivity index is 1.67. The third kappa shape index (κ3) is 3.62. The molecule has 0 atom stereocenters. The Labute approximate surface area is 167 Å². The van der Waals surface area contributed by atoms with E-state index in [1.165, 1.54) is 5.01 Å². The normalized spacial score (nSPS) is 15.1. The molecule has 2 aromatic carbocycles. The molecule has 29 heavy (non-hydrogen) atoms. The van der Waals surface area contributed by atoms with Crippen LogP contribution in [0.2, 0.25) is 0 Å². The number of phenols is 1. The third-order valence-corrected chi connectivity index (χ3v) is 4.60. The van der Waals surface area contributed by atoms with Crippen LogP contribution in [0.1, 0.15) is 18.2 Å². The number of anilines is 1. The largest absolute Gasteiger partial charge is 0.508 e. The molecular formula is C22H20N4O3. The Bertz CT molecular complexity index is 1170. The van der Waals surface area contributed by atoms with Crippen molar-refractivity contribution in [1.29, 1.82) is 0 Å². The van der Waals surface area contributed by atoms with E-state index in [9.17, 15) is 9.90 Å². The Morgan fingerprint density at radius 3 is 2.59 bits per heavy atom. The van der Waals surface area contributed by atoms with Crippen molar-refractivity contribution in [2.24, 2.45) is 4.99 Å². The summed E-state index contributed by atoms with van der Waals surface area (Å²) in [6, 6.07) is 14.1. The number of aryl methyl sites for hydroxylation is 1. The van der Waals surface area contributed by atoms with E-state index in [1.54, 1.807) is 44.4 Å². The van der Waals surface area contributed by atoms with Gasteiger partial charge in [0.05, 0.1) is 18.3 Å². The van der Waals surface area contributed by atoms with Gasteiger partial charge < -0.3 is 9.84 Å². The number of amidine groups is 1. The van der Waals surface area contributed by atoms with Gasteiger partial charge in [-0.1, -0.05) is 12.1 Å². The summed E-state index contributed by atoms with van der Waals surface area (Å²) >= 11 is 0. The van der Waals surface area contributed by atoms with Crippen LogP contribution in [0.4, 0.5) is 5.69 Å². The van der Waals surface area contributed by atoms with Gasteiger partial charge in [0.25, 0.3) is 5.91 Å². The second kappa shape index (κ2) is 7.27. The van der Waals surface area contributed by atoms with Crippen LogP contribution in [0.15, 0.2) is 59.2 Å². The number of nitrogens with zero attached hydrogens (tertiary/aromatic N) is 3. The zero-order valence-electron chi connectivity index (χ0n) is 16.3. The number of benzene rings is 2. The molecule has 1 amide bonds. The van der Waals surface area contributed by atoms with Gasteiger partial charge >= 0.3 is 0 Å². The topological polar surface area (TPSA) is 87.0 Å². The minimum Gasteiger partial charge on any atom is -0.508 e. The van der Waals surface area contributed by atoms with E-state index in [0.29, 0.717) is 17.3 Å². The SMILES string of the molecule is COc1ccc2nc(C)cc(NN3C(=O)/C(=C/c4ccc(O)cc4)N=C3C)c2c1. The van der Waals surface area contributed by atoms with Crippen LogP contribution >= 0.6 is 0 Å². The Morgan fingerprint density at radius 2 is 1.86 bits per heavy atom. The highest BCUT2D eigenvalue weighted by molar-refractivity contribution is 6.14. The van der Waals surface area contributed by atoms with E-state index in [4.69, 9.17) is 4.74 Å². The van der Waals surface area contributed by atoms with Crippen LogP contribution in [0.5, 0.6) is 11.5 Å². The highest BCUT2D eigenvalue weighted by Crippen LogP contribution is 2.29. The number of aromatic nitrogens is 1. The summed E-state index contributed by atoms with van der Waals surface area (Å²) in [6.45, 7) is 3.66. The second-order valence-corrected chi connectivity index (χ2v) is 6.73. The number of hydrogen-bond donors (Lipinski definition) is 2. The van der Waals surface area contributed by atoms with Crippen molar-refractivity contribution < 1.29 is 14.6 Å². The molecule has 0 radical (unpaired) electrons. The highest BCUT2D eigenvalue weighted by Gasteiger charge is 2.28. The number of amides is 1. The lowest BCUT2D eigenvalue weighted by Crippen LogP contribution is -2.36. The molecule has 0 saturated heterocycles. The lowest BCUT2D eigenvalue weighted by molar-refractivity contribution is -0.121. The van der Waals surface area contributed by atoms with Crippen molar-refractivity contribution in [1.82, 2.24) is 9.99 Å². The molecule has 3 aromatic rings. The fourth-order valence-electron chi connectivity index (χ4n) is 3.16. The van der Waals surface area contributed by atoms with Crippen molar-refractivity contribution in [3.05, 3.63) is 65.5 Å². The van der Waals surface area contributed by atoms with Crippen molar-refractivity contribution in [3.63, 3.8) is 0 Å². The number of ether oxygens (including phenoxy) is 1. The number of hydrazine groups is 1. The first kappa shape index (κ1) is 18.5. The monoisotopic (exact) mass is 388 g/mol. The third-order valence-electron chi connectivity index (χ3n) is 4.60. The molecule has 1 aliphatic rings. The van der Waals surface area contributed by atoms with E-state index >= 15 is 0 Å². The molecule has 7 heteroatoms. The number of phenolic OH excluding ortho intramolecular Hbond substituents is 1. The molecule has 2 N–H and O–H groups in total. The lowest BCUT2D eigenvalue weighted by Gasteiger charge is -2.20. The molecule has 4 rings (SSSR count). The van der Waals surface area contributed by atoms with E-state index in [-0.39, 0.29) is 11.7 Å². The quantitative estimate of drug-likeness (QED) is 0.662. The lowest BCUT2D eigenvalue weighted by atomic mass is 10.1. The number of nitrogens with one attached hydrogen (secondary N) is 1. The van der Waals surface area contributed by atoms with Gasteiger partial charge in [-0.15, -0.1) is 0 Å². The van der Waals surface area contributed by atoms with Crippen LogP contribution in [-0.4, -0.2) is 34.0 Å². The summed E-state index contributed by atoms with van der Waals surface area (Å²) < 4.78 is 5.32. The number of pyridine rings is 1. The van der Waals surface area contributed by atoms with Crippen LogP contribution in [0, 0.1) is 6.92 Å². The molecule has 146 valence electrons. The molecule has 1 aromatic heterocycles. The first-order valence-electron chi connectivity index (χ1n) is 9.07. The second-order valence-electron chi connectivity index (χ2n) is 6.73. The molecule has 7 nitrogen and oxygen atoms in total. The van der Waals surface area contributed by atoms with Gasteiger partial charge in [-0.2, -0.15) is 0 Å². The van der Waals surface area contributed by atoms with Crippen molar-refractivity contribution in [3.8, 4) is 11.5 Å². The fourth-order valence-corrected chi connectivity index (χ4v) is 3.16. The standard InChI is InChI=1S/C22H20N4O3/c1-13-10-20(18-12-17(29-3)8-9-19(18)23-13)25-26-14(2)24-21(22(26)28)11-15-4-6-16(27)7-5-15/h4-12,27H,1-3H3,(H,23,25)/b21-11-. The number of methoxy groups -OCH3 is 1. The molecule has 0 fully saturated rings. The number of hydrogen-bond acceptors (Lipinski definition) is 6. The first-order chi connectivity index (χ1) is 13.9. The summed E-state index contributed by atoms with van der Waals surface area (Å²) in [5.41, 5.74) is 6.63. The minimum atomic E-state index is -0.263. The van der Waals surface area contributed by atoms with Gasteiger partial charge in [0.2, 0.25) is 0 Å². The average molecular weight is 388 g/mol. The van der Waals surface area contributed by atoms with Crippen LogP contribution in [-0.2, 0) is 4.79 Å². The highest BCUT2D eigenvalue weighted by atomic mass is 16.5. The van der Waals surface area contributed by atoms with E-state index < -0.39 is 0 Å². The van der Waals surface area contributed by atoms with Crippen molar-refractivity contribution in [2.75, 3.05) is 12.5 Å². The molecule has 0 aliphatic carbocycles. The van der Waals surface area contributed by atoms with Crippen molar-refractivity contribution >= 4 is 34.4 Å². The van der Waals surface area contributed by atoms with E-state index in [0.717, 1.165) is 27.8 Å². The number of carbonyl (C=O) groups excluding carboxylic acids is 1. The summed E-state index contributed by atoms with van der Waals surface area (Å²) in [5, 5.41) is 11.7. The van der Waals surface area contributed by atoms with Gasteiger partial charge in [-0.25, -0.2) is 10.0 Å². The Morgan fingerprint density at radius 1 is 1.10 bits per heavy atom. The first-order valence-corrected chi connectivity index (χ1v) is 9.07. The molecule has 0 saturated carbocycles. The van der Waals surface area contributed by atoms with Gasteiger partial charge in [0, 0.05) is 11.1 Å². The molecule has 0 unspecified atom stereocenters. The van der Waals surface area contributed by atoms with Crippen molar-refractivity contribution in [2.45, 2.75) is 13.8 Å². The van der Waals surface area contributed by atoms with E-state index in [2.05, 4.69) is 15.4 Å². The predicted octanol–water partition coefficient (Wildman–Crippen LogP) is 3.89. The van der Waals surface area contributed by atoms with E-state index in [1.807, 2.05) is 31.2 Å². The molecular weight excluding hydrogens is 368 g/mol. The maximum absolute atomic E-state index is 12.9. The molecule has 0 spiro atoms. The fraction of sp³-hybridized carbons (Fsp3) is 0.136. The summed E-state index contributed by atoms with van der Waals surface area (Å²) in [6.07, 6.45) is 1.69. The minimum absolute atomic E-state index is 0.170. The van der Waals surface area contributed by atoms with Gasteiger partial charge in [-0.3, -0.25) is 15.2 Å². The number of fused-ring (bicyclic) bond motifs is 1. The van der Waals surface area contributed by atoms with Crippen LogP contribution < -0.4 is 10.2 Å². The summed E-state index contributed by atoms with van der Waals surface area (Å²) in [7, 11) is 1.61. The summed E-state index contributed by atoms with van der Waals surface area (Å²) in [4.78, 5) is 21.9. The maximum Gasteiger partial charge on any atom is 0.296 e. The summed E-state index contributed by atoms with van der Waals surface area (Å²) in [5.74, 6) is 1.15. The Kier molecular flexibility index (Phi) is 4.64. The van der Waals surface area contributed by atoms with Gasteiger partial charge in [0.1, 0.15) is 23.0 Å². The van der Waals surface area contributed by atoms with Gasteiger partial charge in [0.15, 0.2) is 0 Å². The number of rotatable bonds is 4. The molecule has 0 bridgehead atoms.